The Kier molecular flexibility index (Phi) is 19.4. The Morgan fingerprint density at radius 2 is 1.62 bits per heavy atom. The number of likely N-dealkylation sites (N-methyl/N-ethyl adjacent to an activating group) is 2. The summed E-state index contributed by atoms with van der Waals surface area (Å²) in [6.45, 7) is 13.8. The fourth-order valence-electron chi connectivity index (χ4n) is 8.14. The first-order valence-corrected chi connectivity index (χ1v) is 19.7. The molecule has 1 aliphatic rings. The molecule has 14 nitrogen and oxygen atoms in total. The van der Waals surface area contributed by atoms with Crippen molar-refractivity contribution in [3.63, 3.8) is 0 Å². The molecule has 1 aromatic rings. The highest BCUT2D eigenvalue weighted by atomic mass is 16.5. The van der Waals surface area contributed by atoms with E-state index in [-0.39, 0.29) is 54.9 Å². The van der Waals surface area contributed by atoms with Gasteiger partial charge in [-0.3, -0.25) is 24.1 Å². The Balaban J connectivity index is 2.32. The molecule has 1 aliphatic heterocycles. The third-order valence-electron chi connectivity index (χ3n) is 11.3. The lowest BCUT2D eigenvalue weighted by molar-refractivity contribution is -0.148. The maximum absolute atomic E-state index is 14.2. The second kappa shape index (κ2) is 22.3. The predicted octanol–water partition coefficient (Wildman–Crippen LogP) is 2.91. The summed E-state index contributed by atoms with van der Waals surface area (Å²) in [5, 5.41) is 15.5. The first kappa shape index (κ1) is 47.7. The molecular formula is C41H70N6O8. The molecule has 0 aliphatic carbocycles. The van der Waals surface area contributed by atoms with Gasteiger partial charge in [0.1, 0.15) is 17.9 Å². The fraction of sp³-hybridized carbons (Fsp3) is 0.732. The number of hydrogen-bond donors (Lipinski definition) is 4. The lowest BCUT2D eigenvalue weighted by Crippen LogP contribution is -2.60. The van der Waals surface area contributed by atoms with Gasteiger partial charge in [-0.2, -0.15) is 0 Å². The minimum Gasteiger partial charge on any atom is -0.379 e. The van der Waals surface area contributed by atoms with Gasteiger partial charge in [-0.1, -0.05) is 85.2 Å². The number of nitrogens with one attached hydrogen (secondary N) is 3. The Bertz CT molecular complexity index is 1370. The van der Waals surface area contributed by atoms with Crippen LogP contribution in [0.15, 0.2) is 30.3 Å². The molecule has 312 valence electrons. The molecule has 0 aromatic heterocycles. The number of methoxy groups -OCH3 is 2. The normalized spacial score (nSPS) is 19.6. The van der Waals surface area contributed by atoms with Gasteiger partial charge in [0, 0.05) is 34.2 Å². The van der Waals surface area contributed by atoms with Crippen LogP contribution in [-0.4, -0.2) is 140 Å². The number of carbonyl (C=O) groups is 5. The summed E-state index contributed by atoms with van der Waals surface area (Å²) in [5.74, 6) is -2.08. The molecule has 1 heterocycles. The zero-order valence-corrected chi connectivity index (χ0v) is 35.3. The highest BCUT2D eigenvalue weighted by molar-refractivity contribution is 5.90. The number of carbonyl (C=O) groups excluding carboxylic acids is 5. The lowest BCUT2D eigenvalue weighted by atomic mass is 9.88. The molecule has 55 heavy (non-hydrogen) atoms. The van der Waals surface area contributed by atoms with Crippen molar-refractivity contribution in [1.29, 1.82) is 0 Å². The number of benzene rings is 1. The van der Waals surface area contributed by atoms with Crippen LogP contribution in [0.4, 0.5) is 0 Å². The maximum atomic E-state index is 14.2. The van der Waals surface area contributed by atoms with E-state index in [4.69, 9.17) is 9.47 Å². The molecule has 4 N–H and O–H groups in total. The first-order valence-electron chi connectivity index (χ1n) is 19.7. The highest BCUT2D eigenvalue weighted by Gasteiger charge is 2.44. The third kappa shape index (κ3) is 12.5. The lowest BCUT2D eigenvalue weighted by Gasteiger charge is -2.41. The van der Waals surface area contributed by atoms with Crippen molar-refractivity contribution in [2.24, 2.45) is 23.7 Å². The quantitative estimate of drug-likeness (QED) is 0.0959. The van der Waals surface area contributed by atoms with Crippen LogP contribution in [0.3, 0.4) is 0 Å². The molecule has 0 saturated carbocycles. The standard InChI is InChI=1S/C41H70N6O8/c1-13-28(6)36(46(10)40(52)34(26(2)3)43-39(51)35(27(4)5)45(8)9)32(54-11)22-33(49)47-21-17-20-31(47)37(55-12)29(7)38(50)44-41(25-48,24-42-53)23-30-18-15-14-16-19-30/h14-16,18-19,25-29,31-32,34-37,42,53H,13,17,20-24H2,1-12H3,(H,43,51)(H,44,50)/t28-,29+,31-,32+,34-,35-,36-,37+,41+/m0/s1. The van der Waals surface area contributed by atoms with Crippen molar-refractivity contribution in [1.82, 2.24) is 30.8 Å². The van der Waals surface area contributed by atoms with Gasteiger partial charge in [0.25, 0.3) is 0 Å². The monoisotopic (exact) mass is 775 g/mol. The largest absolute Gasteiger partial charge is 0.379 e. The number of nitrogens with zero attached hydrogens (tertiary/aromatic N) is 3. The molecule has 9 atom stereocenters. The van der Waals surface area contributed by atoms with Crippen LogP contribution < -0.4 is 16.1 Å². The van der Waals surface area contributed by atoms with Crippen molar-refractivity contribution in [2.45, 2.75) is 122 Å². The number of ether oxygens (including phenoxy) is 2. The minimum atomic E-state index is -1.43. The molecule has 2 rings (SSSR count). The van der Waals surface area contributed by atoms with E-state index in [9.17, 15) is 29.2 Å². The van der Waals surface area contributed by atoms with Gasteiger partial charge in [-0.15, -0.1) is 0 Å². The number of rotatable bonds is 23. The van der Waals surface area contributed by atoms with E-state index < -0.39 is 53.7 Å². The smallest absolute Gasteiger partial charge is 0.245 e. The van der Waals surface area contributed by atoms with Crippen LogP contribution in [0.25, 0.3) is 0 Å². The number of likely N-dealkylation sites (tertiary alicyclic amines) is 1. The summed E-state index contributed by atoms with van der Waals surface area (Å²) in [4.78, 5) is 73.4. The molecule has 0 unspecified atom stereocenters. The zero-order valence-electron chi connectivity index (χ0n) is 35.3. The molecule has 1 saturated heterocycles. The zero-order chi connectivity index (χ0) is 41.6. The molecule has 4 amide bonds. The number of hydrogen-bond acceptors (Lipinski definition) is 10. The summed E-state index contributed by atoms with van der Waals surface area (Å²) >= 11 is 0. The predicted molar refractivity (Wildman–Crippen MR) is 212 cm³/mol. The van der Waals surface area contributed by atoms with Crippen LogP contribution in [0, 0.1) is 23.7 Å². The van der Waals surface area contributed by atoms with E-state index in [2.05, 4.69) is 10.6 Å². The molecular weight excluding hydrogens is 704 g/mol. The van der Waals surface area contributed by atoms with Crippen molar-refractivity contribution in [2.75, 3.05) is 48.5 Å². The first-order chi connectivity index (χ1) is 25.9. The molecule has 14 heteroatoms. The maximum Gasteiger partial charge on any atom is 0.245 e. The van der Waals surface area contributed by atoms with Crippen LogP contribution in [0.2, 0.25) is 0 Å². The van der Waals surface area contributed by atoms with Gasteiger partial charge in [-0.05, 0) is 50.3 Å². The van der Waals surface area contributed by atoms with Gasteiger partial charge in [0.15, 0.2) is 0 Å². The summed E-state index contributed by atoms with van der Waals surface area (Å²) in [5.41, 5.74) is 1.43. The summed E-state index contributed by atoms with van der Waals surface area (Å²) in [7, 11) is 8.45. The van der Waals surface area contributed by atoms with Crippen LogP contribution >= 0.6 is 0 Å². The van der Waals surface area contributed by atoms with Gasteiger partial charge in [0.05, 0.1) is 49.2 Å². The third-order valence-corrected chi connectivity index (χ3v) is 11.3. The van der Waals surface area contributed by atoms with Crippen LogP contribution in [-0.2, 0) is 39.9 Å². The fourth-order valence-corrected chi connectivity index (χ4v) is 8.14. The average molecular weight is 775 g/mol. The Labute approximate surface area is 329 Å². The van der Waals surface area contributed by atoms with E-state index in [1.807, 2.05) is 96.3 Å². The Hall–Kier alpha value is -3.43. The number of hydroxylamine groups is 1. The molecule has 1 aromatic carbocycles. The molecule has 0 radical (unpaired) electrons. The second-order valence-electron chi connectivity index (χ2n) is 16.2. The molecule has 0 bridgehead atoms. The number of aldehydes is 1. The Morgan fingerprint density at radius 3 is 2.11 bits per heavy atom. The van der Waals surface area contributed by atoms with E-state index in [1.54, 1.807) is 30.9 Å². The van der Waals surface area contributed by atoms with Crippen molar-refractivity contribution in [3.05, 3.63) is 35.9 Å². The topological polar surface area (TPSA) is 170 Å². The van der Waals surface area contributed by atoms with Crippen LogP contribution in [0.1, 0.15) is 79.7 Å². The molecule has 0 spiro atoms. The summed E-state index contributed by atoms with van der Waals surface area (Å²) in [6.07, 6.45) is 1.44. The SMILES string of the molecule is CC[C@H](C)[C@@H]([C@@H](CC(=O)N1CCC[C@H]1[C@H](OC)[C@@H](C)C(=O)N[C@@](C=O)(CNO)Cc1ccccc1)OC)N(C)C(=O)[C@@H](NC(=O)[C@H](C(C)C)N(C)C)C(C)C. The van der Waals surface area contributed by atoms with E-state index in [1.165, 1.54) is 7.11 Å². The van der Waals surface area contributed by atoms with Gasteiger partial charge < -0.3 is 39.9 Å². The van der Waals surface area contributed by atoms with Gasteiger partial charge >= 0.3 is 0 Å². The van der Waals surface area contributed by atoms with Gasteiger partial charge in [-0.25, -0.2) is 5.48 Å². The van der Waals surface area contributed by atoms with E-state index >= 15 is 0 Å². The van der Waals surface area contributed by atoms with Crippen molar-refractivity contribution >= 4 is 29.9 Å². The summed E-state index contributed by atoms with van der Waals surface area (Å²) < 4.78 is 11.9. The van der Waals surface area contributed by atoms with Crippen molar-refractivity contribution < 1.29 is 38.7 Å². The second-order valence-corrected chi connectivity index (χ2v) is 16.2. The number of amides is 4. The van der Waals surface area contributed by atoms with Gasteiger partial charge in [0.2, 0.25) is 23.6 Å². The summed E-state index contributed by atoms with van der Waals surface area (Å²) in [6, 6.07) is 7.09. The van der Waals surface area contributed by atoms with Crippen molar-refractivity contribution in [3.8, 4) is 0 Å². The highest BCUT2D eigenvalue weighted by Crippen LogP contribution is 2.30. The minimum absolute atomic E-state index is 0.0150. The average Bonchev–Trinajstić information content (AvgIpc) is 3.63. The molecule has 1 fully saturated rings. The van der Waals surface area contributed by atoms with E-state index in [0.717, 1.165) is 5.56 Å². The van der Waals surface area contributed by atoms with Crippen LogP contribution in [0.5, 0.6) is 0 Å². The van der Waals surface area contributed by atoms with E-state index in [0.29, 0.717) is 32.1 Å². The Morgan fingerprint density at radius 1 is 0.982 bits per heavy atom.